The highest BCUT2D eigenvalue weighted by Gasteiger charge is 2.09. The van der Waals surface area contributed by atoms with Crippen LogP contribution in [0.5, 0.6) is 0 Å². The molecule has 0 aliphatic carbocycles. The van der Waals surface area contributed by atoms with Gasteiger partial charge >= 0.3 is 0 Å². The van der Waals surface area contributed by atoms with Crippen molar-refractivity contribution in [3.05, 3.63) is 34.4 Å². The molecule has 3 N–H and O–H groups in total. The maximum atomic E-state index is 11.3. The number of thioether (sulfide) groups is 1. The van der Waals surface area contributed by atoms with E-state index in [4.69, 9.17) is 5.73 Å². The van der Waals surface area contributed by atoms with Gasteiger partial charge in [-0.1, -0.05) is 17.8 Å². The van der Waals surface area contributed by atoms with Crippen molar-refractivity contribution >= 4 is 34.3 Å². The fraction of sp³-hybridized carbons (Fsp3) is 0.111. The van der Waals surface area contributed by atoms with Crippen molar-refractivity contribution in [3.63, 3.8) is 0 Å². The van der Waals surface area contributed by atoms with E-state index in [1.54, 1.807) is 0 Å². The zero-order valence-electron chi connectivity index (χ0n) is 8.58. The number of nitrogens with zero attached hydrogens (tertiary/aromatic N) is 1. The minimum Gasteiger partial charge on any atom is -0.361 e. The van der Waals surface area contributed by atoms with Crippen LogP contribution < -0.4 is 11.1 Å². The molecule has 0 saturated carbocycles. The van der Waals surface area contributed by atoms with Crippen molar-refractivity contribution < 1.29 is 14.5 Å². The van der Waals surface area contributed by atoms with Gasteiger partial charge in [-0.05, 0) is 6.07 Å². The molecule has 17 heavy (non-hydrogen) atoms. The van der Waals surface area contributed by atoms with E-state index in [1.165, 1.54) is 24.3 Å². The number of hydrogen-bond acceptors (Lipinski definition) is 5. The SMILES string of the molecule is NC(=O)SCC(=O)Nc1cccc([N+](=O)[O-])c1. The number of non-ortho nitro benzene ring substituents is 1. The Balaban J connectivity index is 2.62. The summed E-state index contributed by atoms with van der Waals surface area (Å²) in [5.74, 6) is -0.577. The van der Waals surface area contributed by atoms with E-state index < -0.39 is 16.1 Å². The highest BCUT2D eigenvalue weighted by atomic mass is 32.2. The van der Waals surface area contributed by atoms with Crippen molar-refractivity contribution in [3.8, 4) is 0 Å². The lowest BCUT2D eigenvalue weighted by Gasteiger charge is -2.03. The lowest BCUT2D eigenvalue weighted by molar-refractivity contribution is -0.384. The largest absolute Gasteiger partial charge is 0.361 e. The van der Waals surface area contributed by atoms with Crippen LogP contribution in [0.3, 0.4) is 0 Å². The molecule has 2 amide bonds. The second-order valence-electron chi connectivity index (χ2n) is 2.96. The van der Waals surface area contributed by atoms with Crippen LogP contribution in [0.4, 0.5) is 16.2 Å². The Morgan fingerprint density at radius 1 is 1.47 bits per heavy atom. The van der Waals surface area contributed by atoms with Crippen molar-refractivity contribution in [2.45, 2.75) is 0 Å². The van der Waals surface area contributed by atoms with Crippen LogP contribution in [0, 0.1) is 10.1 Å². The Morgan fingerprint density at radius 3 is 2.76 bits per heavy atom. The van der Waals surface area contributed by atoms with E-state index in [-0.39, 0.29) is 11.4 Å². The highest BCUT2D eigenvalue weighted by molar-refractivity contribution is 8.14. The summed E-state index contributed by atoms with van der Waals surface area (Å²) >= 11 is 0.662. The van der Waals surface area contributed by atoms with Crippen LogP contribution in [0.2, 0.25) is 0 Å². The smallest absolute Gasteiger partial charge is 0.276 e. The van der Waals surface area contributed by atoms with E-state index in [2.05, 4.69) is 5.32 Å². The number of nitro benzene ring substituents is 1. The van der Waals surface area contributed by atoms with Crippen LogP contribution in [0.15, 0.2) is 24.3 Å². The van der Waals surface area contributed by atoms with E-state index >= 15 is 0 Å². The highest BCUT2D eigenvalue weighted by Crippen LogP contribution is 2.17. The molecule has 8 heteroatoms. The average molecular weight is 255 g/mol. The molecule has 0 atom stereocenters. The van der Waals surface area contributed by atoms with E-state index in [1.807, 2.05) is 0 Å². The minimum absolute atomic E-state index is 0.120. The predicted molar refractivity (Wildman–Crippen MR) is 63.8 cm³/mol. The molecule has 7 nitrogen and oxygen atoms in total. The predicted octanol–water partition coefficient (Wildman–Crippen LogP) is 1.35. The zero-order chi connectivity index (χ0) is 12.8. The van der Waals surface area contributed by atoms with Crippen molar-refractivity contribution in [1.29, 1.82) is 0 Å². The third kappa shape index (κ3) is 4.51. The van der Waals surface area contributed by atoms with Gasteiger partial charge in [0.05, 0.1) is 10.7 Å². The molecule has 0 aliphatic heterocycles. The van der Waals surface area contributed by atoms with Gasteiger partial charge in [0.2, 0.25) is 5.91 Å². The quantitative estimate of drug-likeness (QED) is 0.622. The topological polar surface area (TPSA) is 115 Å². The van der Waals surface area contributed by atoms with E-state index in [9.17, 15) is 19.7 Å². The lowest BCUT2D eigenvalue weighted by Crippen LogP contribution is -2.16. The molecule has 0 aliphatic rings. The molecule has 0 radical (unpaired) electrons. The third-order valence-corrected chi connectivity index (χ3v) is 2.38. The van der Waals surface area contributed by atoms with Crippen LogP contribution in [0.25, 0.3) is 0 Å². The summed E-state index contributed by atoms with van der Waals surface area (Å²) in [5.41, 5.74) is 5.03. The lowest BCUT2D eigenvalue weighted by atomic mass is 10.3. The second kappa shape index (κ2) is 5.85. The molecule has 0 heterocycles. The van der Waals surface area contributed by atoms with Gasteiger partial charge in [-0.2, -0.15) is 0 Å². The number of carbonyl (C=O) groups is 2. The maximum Gasteiger partial charge on any atom is 0.276 e. The number of anilines is 1. The fourth-order valence-corrected chi connectivity index (χ4v) is 1.38. The van der Waals surface area contributed by atoms with Crippen molar-refractivity contribution in [2.75, 3.05) is 11.1 Å². The first-order valence-electron chi connectivity index (χ1n) is 4.45. The van der Waals surface area contributed by atoms with Crippen molar-refractivity contribution in [2.24, 2.45) is 5.73 Å². The molecule has 0 unspecified atom stereocenters. The van der Waals surface area contributed by atoms with E-state index in [0.29, 0.717) is 17.4 Å². The van der Waals surface area contributed by atoms with Gasteiger partial charge in [0.25, 0.3) is 10.9 Å². The average Bonchev–Trinajstić information content (AvgIpc) is 2.26. The molecular formula is C9H9N3O4S. The number of benzene rings is 1. The molecule has 0 spiro atoms. The molecule has 1 aromatic rings. The van der Waals surface area contributed by atoms with Crippen LogP contribution in [0.1, 0.15) is 0 Å². The van der Waals surface area contributed by atoms with E-state index in [0.717, 1.165) is 0 Å². The Morgan fingerprint density at radius 2 is 2.18 bits per heavy atom. The standard InChI is InChI=1S/C9H9N3O4S/c10-9(14)17-5-8(13)11-6-2-1-3-7(4-6)12(15)16/h1-4H,5H2,(H2,10,14)(H,11,13). The molecule has 0 aromatic heterocycles. The van der Waals surface area contributed by atoms with Gasteiger partial charge in [0.1, 0.15) is 0 Å². The number of rotatable bonds is 4. The van der Waals surface area contributed by atoms with Crippen molar-refractivity contribution in [1.82, 2.24) is 0 Å². The fourth-order valence-electron chi connectivity index (χ4n) is 1.03. The summed E-state index contributed by atoms with van der Waals surface area (Å²) in [6.07, 6.45) is 0. The molecule has 0 fully saturated rings. The van der Waals surface area contributed by atoms with Gasteiger partial charge in [-0.25, -0.2) is 0 Å². The molecule has 0 bridgehead atoms. The van der Waals surface area contributed by atoms with Gasteiger partial charge in [0, 0.05) is 17.8 Å². The monoisotopic (exact) mass is 255 g/mol. The van der Waals surface area contributed by atoms with Crippen LogP contribution in [-0.4, -0.2) is 21.8 Å². The van der Waals surface area contributed by atoms with Gasteiger partial charge in [0.15, 0.2) is 0 Å². The normalized spacial score (nSPS) is 9.65. The summed E-state index contributed by atoms with van der Waals surface area (Å²) in [4.78, 5) is 31.6. The number of hydrogen-bond donors (Lipinski definition) is 2. The minimum atomic E-state index is -0.654. The number of carbonyl (C=O) groups excluding carboxylic acids is 2. The summed E-state index contributed by atoms with van der Waals surface area (Å²) < 4.78 is 0. The van der Waals surface area contributed by atoms with Gasteiger partial charge in [-0.3, -0.25) is 19.7 Å². The second-order valence-corrected chi connectivity index (χ2v) is 3.94. The Kier molecular flexibility index (Phi) is 4.46. The molecular weight excluding hydrogens is 246 g/mol. The Labute approximate surface area is 101 Å². The number of amides is 2. The number of primary amides is 1. The number of nitro groups is 1. The van der Waals surface area contributed by atoms with Gasteiger partial charge in [-0.15, -0.1) is 0 Å². The summed E-state index contributed by atoms with van der Waals surface area (Å²) in [6, 6.07) is 5.51. The first kappa shape index (κ1) is 13.0. The maximum absolute atomic E-state index is 11.3. The third-order valence-electron chi connectivity index (χ3n) is 1.69. The molecule has 1 aromatic carbocycles. The summed E-state index contributed by atoms with van der Waals surface area (Å²) in [7, 11) is 0. The summed E-state index contributed by atoms with van der Waals surface area (Å²) in [5, 5.41) is 12.2. The Bertz CT molecular complexity index is 463. The zero-order valence-corrected chi connectivity index (χ0v) is 9.40. The summed E-state index contributed by atoms with van der Waals surface area (Å²) in [6.45, 7) is 0. The number of nitrogens with one attached hydrogen (secondary N) is 1. The number of nitrogens with two attached hydrogens (primary N) is 1. The first-order valence-corrected chi connectivity index (χ1v) is 5.44. The molecule has 0 saturated heterocycles. The first-order chi connectivity index (χ1) is 7.99. The van der Waals surface area contributed by atoms with Crippen LogP contribution in [-0.2, 0) is 4.79 Å². The van der Waals surface area contributed by atoms with Crippen LogP contribution >= 0.6 is 11.8 Å². The Hall–Kier alpha value is -2.09. The van der Waals surface area contributed by atoms with Gasteiger partial charge < -0.3 is 11.1 Å². The molecule has 90 valence electrons. The molecule has 1 rings (SSSR count).